The molecule has 6 aromatic carbocycles. The van der Waals surface area contributed by atoms with Crippen molar-refractivity contribution in [1.82, 2.24) is 0 Å². The Morgan fingerprint density at radius 2 is 0.650 bits per heavy atom. The molecule has 8 heteroatoms. The molecule has 0 aliphatic rings. The van der Waals surface area contributed by atoms with Crippen LogP contribution in [0.2, 0.25) is 0 Å². The SMILES string of the molecule is Oc1ccc2ccccc2c1N=Nc1ccc(N=Nc2ccc(N=Nc3c(O)ccc4ccccc34)cc2)cc1. The first kappa shape index (κ1) is 24.6. The van der Waals surface area contributed by atoms with E-state index in [1.165, 1.54) is 0 Å². The molecular formula is C32H22N6O2. The third kappa shape index (κ3) is 5.27. The van der Waals surface area contributed by atoms with Crippen molar-refractivity contribution in [3.63, 3.8) is 0 Å². The summed E-state index contributed by atoms with van der Waals surface area (Å²) in [5.74, 6) is 0.152. The van der Waals surface area contributed by atoms with Crippen LogP contribution in [0.3, 0.4) is 0 Å². The predicted octanol–water partition coefficient (Wildman–Crippen LogP) is 10.7. The van der Waals surface area contributed by atoms with Gasteiger partial charge in [0.25, 0.3) is 0 Å². The molecule has 0 aliphatic carbocycles. The van der Waals surface area contributed by atoms with E-state index in [0.29, 0.717) is 34.1 Å². The molecule has 2 N–H and O–H groups in total. The minimum Gasteiger partial charge on any atom is -0.506 e. The summed E-state index contributed by atoms with van der Waals surface area (Å²) in [6.07, 6.45) is 0. The Labute approximate surface area is 229 Å². The van der Waals surface area contributed by atoms with Crippen molar-refractivity contribution < 1.29 is 10.2 Å². The maximum absolute atomic E-state index is 10.3. The van der Waals surface area contributed by atoms with Crippen LogP contribution < -0.4 is 0 Å². The van der Waals surface area contributed by atoms with E-state index in [4.69, 9.17) is 0 Å². The van der Waals surface area contributed by atoms with Gasteiger partial charge in [-0.05, 0) is 71.4 Å². The number of phenolic OH excluding ortho intramolecular Hbond substituents is 2. The molecule has 8 nitrogen and oxygen atoms in total. The minimum atomic E-state index is 0.0760. The van der Waals surface area contributed by atoms with Crippen LogP contribution in [-0.2, 0) is 0 Å². The summed E-state index contributed by atoms with van der Waals surface area (Å²) in [7, 11) is 0. The van der Waals surface area contributed by atoms with Gasteiger partial charge in [-0.25, -0.2) is 0 Å². The van der Waals surface area contributed by atoms with Crippen molar-refractivity contribution in [3.05, 3.63) is 121 Å². The van der Waals surface area contributed by atoms with E-state index in [1.807, 2.05) is 60.7 Å². The Hall–Kier alpha value is -5.76. The van der Waals surface area contributed by atoms with Gasteiger partial charge in [0.05, 0.1) is 22.7 Å². The third-order valence-corrected chi connectivity index (χ3v) is 6.27. The fourth-order valence-corrected chi connectivity index (χ4v) is 4.20. The molecular weight excluding hydrogens is 500 g/mol. The Kier molecular flexibility index (Phi) is 6.71. The average molecular weight is 523 g/mol. The van der Waals surface area contributed by atoms with Gasteiger partial charge >= 0.3 is 0 Å². The van der Waals surface area contributed by atoms with E-state index >= 15 is 0 Å². The fourth-order valence-electron chi connectivity index (χ4n) is 4.20. The van der Waals surface area contributed by atoms with Crippen molar-refractivity contribution in [3.8, 4) is 11.5 Å². The van der Waals surface area contributed by atoms with E-state index in [-0.39, 0.29) is 11.5 Å². The van der Waals surface area contributed by atoms with Crippen molar-refractivity contribution >= 4 is 55.7 Å². The number of azo groups is 3. The number of hydrogen-bond donors (Lipinski definition) is 2. The van der Waals surface area contributed by atoms with Gasteiger partial charge in [0.1, 0.15) is 22.9 Å². The lowest BCUT2D eigenvalue weighted by Gasteiger charge is -2.03. The highest BCUT2D eigenvalue weighted by atomic mass is 16.3. The molecule has 0 saturated carbocycles. The van der Waals surface area contributed by atoms with Crippen molar-refractivity contribution in [1.29, 1.82) is 0 Å². The highest BCUT2D eigenvalue weighted by Crippen LogP contribution is 2.37. The van der Waals surface area contributed by atoms with Crippen LogP contribution in [0.1, 0.15) is 0 Å². The molecule has 0 saturated heterocycles. The van der Waals surface area contributed by atoms with Crippen LogP contribution >= 0.6 is 0 Å². The van der Waals surface area contributed by atoms with Crippen LogP contribution in [-0.4, -0.2) is 10.2 Å². The number of hydrogen-bond acceptors (Lipinski definition) is 8. The van der Waals surface area contributed by atoms with Crippen LogP contribution in [0.4, 0.5) is 34.1 Å². The molecule has 0 unspecified atom stereocenters. The zero-order valence-corrected chi connectivity index (χ0v) is 21.1. The van der Waals surface area contributed by atoms with E-state index in [1.54, 1.807) is 60.7 Å². The molecule has 0 bridgehead atoms. The number of nitrogens with zero attached hydrogens (tertiary/aromatic N) is 6. The Balaban J connectivity index is 1.13. The highest BCUT2D eigenvalue weighted by Gasteiger charge is 2.07. The molecule has 0 atom stereocenters. The lowest BCUT2D eigenvalue weighted by molar-refractivity contribution is 0.476. The van der Waals surface area contributed by atoms with E-state index in [0.717, 1.165) is 21.5 Å². The lowest BCUT2D eigenvalue weighted by atomic mass is 10.1. The molecule has 40 heavy (non-hydrogen) atoms. The summed E-state index contributed by atoms with van der Waals surface area (Å²) in [4.78, 5) is 0. The lowest BCUT2D eigenvalue weighted by Crippen LogP contribution is -1.74. The third-order valence-electron chi connectivity index (χ3n) is 6.27. The first-order valence-electron chi connectivity index (χ1n) is 12.5. The van der Waals surface area contributed by atoms with E-state index in [9.17, 15) is 10.2 Å². The largest absolute Gasteiger partial charge is 0.506 e. The van der Waals surface area contributed by atoms with Gasteiger partial charge in [-0.3, -0.25) is 0 Å². The first-order valence-corrected chi connectivity index (χ1v) is 12.5. The van der Waals surface area contributed by atoms with Crippen LogP contribution in [0.25, 0.3) is 21.5 Å². The summed E-state index contributed by atoms with van der Waals surface area (Å²) in [5, 5.41) is 49.8. The molecule has 192 valence electrons. The minimum absolute atomic E-state index is 0.0760. The Bertz CT molecular complexity index is 1770. The second-order valence-electron chi connectivity index (χ2n) is 8.94. The average Bonchev–Trinajstić information content (AvgIpc) is 3.00. The van der Waals surface area contributed by atoms with Crippen molar-refractivity contribution in [2.75, 3.05) is 0 Å². The zero-order valence-electron chi connectivity index (χ0n) is 21.1. The molecule has 0 spiro atoms. The number of fused-ring (bicyclic) bond motifs is 2. The molecule has 0 amide bonds. The summed E-state index contributed by atoms with van der Waals surface area (Å²) in [6.45, 7) is 0. The van der Waals surface area contributed by atoms with Crippen LogP contribution in [0.5, 0.6) is 11.5 Å². The van der Waals surface area contributed by atoms with E-state index < -0.39 is 0 Å². The Morgan fingerprint density at radius 3 is 1.02 bits per heavy atom. The Morgan fingerprint density at radius 1 is 0.325 bits per heavy atom. The number of benzene rings is 6. The molecule has 0 fully saturated rings. The number of phenols is 2. The van der Waals surface area contributed by atoms with E-state index in [2.05, 4.69) is 30.7 Å². The van der Waals surface area contributed by atoms with Crippen LogP contribution in [0.15, 0.2) is 152 Å². The molecule has 6 aromatic rings. The summed E-state index contributed by atoms with van der Waals surface area (Å²) < 4.78 is 0. The van der Waals surface area contributed by atoms with Crippen molar-refractivity contribution in [2.45, 2.75) is 0 Å². The number of rotatable bonds is 6. The monoisotopic (exact) mass is 522 g/mol. The maximum atomic E-state index is 10.3. The van der Waals surface area contributed by atoms with Gasteiger partial charge < -0.3 is 10.2 Å². The second kappa shape index (κ2) is 10.9. The fraction of sp³-hybridized carbons (Fsp3) is 0. The smallest absolute Gasteiger partial charge is 0.143 e. The van der Waals surface area contributed by atoms with Gasteiger partial charge in [0, 0.05) is 10.8 Å². The van der Waals surface area contributed by atoms with Gasteiger partial charge in [-0.1, -0.05) is 60.7 Å². The van der Waals surface area contributed by atoms with Gasteiger partial charge in [-0.15, -0.1) is 10.2 Å². The highest BCUT2D eigenvalue weighted by molar-refractivity contribution is 5.96. The van der Waals surface area contributed by atoms with Crippen LogP contribution in [0, 0.1) is 0 Å². The molecule has 0 heterocycles. The summed E-state index contributed by atoms with van der Waals surface area (Å²) in [6, 6.07) is 36.6. The second-order valence-corrected chi connectivity index (χ2v) is 8.94. The van der Waals surface area contributed by atoms with Gasteiger partial charge in [-0.2, -0.15) is 20.5 Å². The zero-order chi connectivity index (χ0) is 27.3. The maximum Gasteiger partial charge on any atom is 0.143 e. The predicted molar refractivity (Wildman–Crippen MR) is 157 cm³/mol. The standard InChI is InChI=1S/C32H22N6O2/c39-29-19-9-21-5-1-3-7-27(21)31(29)37-35-25-15-11-23(12-16-25)33-34-24-13-17-26(18-14-24)36-38-32-28-8-4-2-6-22(28)10-20-30(32)40/h1-20,39-40H. The molecule has 0 aliphatic heterocycles. The van der Waals surface area contributed by atoms with Gasteiger partial charge in [0.15, 0.2) is 0 Å². The normalized spacial score (nSPS) is 11.9. The van der Waals surface area contributed by atoms with Gasteiger partial charge in [0.2, 0.25) is 0 Å². The number of aromatic hydroxyl groups is 2. The molecule has 6 rings (SSSR count). The van der Waals surface area contributed by atoms with Crippen molar-refractivity contribution in [2.24, 2.45) is 30.7 Å². The summed E-state index contributed by atoms with van der Waals surface area (Å²) in [5.41, 5.74) is 3.42. The molecule has 0 radical (unpaired) electrons. The quantitative estimate of drug-likeness (QED) is 0.212. The summed E-state index contributed by atoms with van der Waals surface area (Å²) >= 11 is 0. The topological polar surface area (TPSA) is 115 Å². The molecule has 0 aromatic heterocycles. The first-order chi connectivity index (χ1) is 19.6.